The fraction of sp³-hybridized carbons (Fsp3) is 0.643. The van der Waals surface area contributed by atoms with E-state index in [-0.39, 0.29) is 30.9 Å². The van der Waals surface area contributed by atoms with E-state index in [0.29, 0.717) is 18.4 Å². The SMILES string of the molecule is CC(C)[C@H]1CN(Cc2ccc(C(F)(F)F)nc2)C[C@@H]1N.Cl.Cl. The lowest BCUT2D eigenvalue weighted by atomic mass is 9.92. The van der Waals surface area contributed by atoms with Crippen molar-refractivity contribution in [1.82, 2.24) is 9.88 Å². The first-order valence-corrected chi connectivity index (χ1v) is 6.77. The molecule has 8 heteroatoms. The van der Waals surface area contributed by atoms with Gasteiger partial charge in [0.15, 0.2) is 0 Å². The minimum Gasteiger partial charge on any atom is -0.326 e. The number of likely N-dealkylation sites (tertiary alicyclic amines) is 1. The van der Waals surface area contributed by atoms with Crippen LogP contribution in [0.1, 0.15) is 25.1 Å². The second kappa shape index (κ2) is 8.34. The number of hydrogen-bond donors (Lipinski definition) is 1. The molecule has 22 heavy (non-hydrogen) atoms. The first-order valence-electron chi connectivity index (χ1n) is 6.77. The van der Waals surface area contributed by atoms with Crippen molar-refractivity contribution in [1.29, 1.82) is 0 Å². The average molecular weight is 360 g/mol. The lowest BCUT2D eigenvalue weighted by molar-refractivity contribution is -0.141. The Morgan fingerprint density at radius 3 is 2.32 bits per heavy atom. The van der Waals surface area contributed by atoms with Gasteiger partial charge in [0.1, 0.15) is 5.69 Å². The number of aromatic nitrogens is 1. The van der Waals surface area contributed by atoms with Crippen LogP contribution in [-0.4, -0.2) is 29.0 Å². The van der Waals surface area contributed by atoms with Crippen LogP contribution in [0.4, 0.5) is 13.2 Å². The van der Waals surface area contributed by atoms with E-state index in [1.165, 1.54) is 12.3 Å². The molecule has 0 aromatic carbocycles. The highest BCUT2D eigenvalue weighted by Gasteiger charge is 2.33. The summed E-state index contributed by atoms with van der Waals surface area (Å²) >= 11 is 0. The molecular formula is C14H22Cl2F3N3. The zero-order valence-electron chi connectivity index (χ0n) is 12.5. The van der Waals surface area contributed by atoms with Crippen molar-refractivity contribution in [3.05, 3.63) is 29.6 Å². The molecule has 2 N–H and O–H groups in total. The van der Waals surface area contributed by atoms with E-state index in [4.69, 9.17) is 5.73 Å². The molecule has 1 saturated heterocycles. The van der Waals surface area contributed by atoms with Gasteiger partial charge in [-0.3, -0.25) is 9.88 Å². The standard InChI is InChI=1S/C14H20F3N3.2ClH/c1-9(2)11-7-20(8-12(11)18)6-10-3-4-13(19-5-10)14(15,16)17;;/h3-5,9,11-12H,6-8,18H2,1-2H3;2*1H/t11-,12+;;/m1../s1. The van der Waals surface area contributed by atoms with Gasteiger partial charge in [-0.2, -0.15) is 13.2 Å². The molecule has 1 aliphatic heterocycles. The second-order valence-corrected chi connectivity index (χ2v) is 5.82. The van der Waals surface area contributed by atoms with Crippen molar-refractivity contribution in [2.24, 2.45) is 17.6 Å². The van der Waals surface area contributed by atoms with Crippen LogP contribution in [-0.2, 0) is 12.7 Å². The van der Waals surface area contributed by atoms with Crippen molar-refractivity contribution in [2.75, 3.05) is 13.1 Å². The normalized spacial score (nSPS) is 22.3. The van der Waals surface area contributed by atoms with E-state index in [0.717, 1.165) is 24.7 Å². The van der Waals surface area contributed by atoms with Gasteiger partial charge in [-0.05, 0) is 23.5 Å². The molecule has 0 aliphatic carbocycles. The van der Waals surface area contributed by atoms with Gasteiger partial charge in [-0.1, -0.05) is 19.9 Å². The minimum atomic E-state index is -4.38. The Morgan fingerprint density at radius 1 is 1.27 bits per heavy atom. The molecule has 3 nitrogen and oxygen atoms in total. The summed E-state index contributed by atoms with van der Waals surface area (Å²) in [5, 5.41) is 0. The summed E-state index contributed by atoms with van der Waals surface area (Å²) in [6, 6.07) is 2.66. The van der Waals surface area contributed by atoms with Gasteiger partial charge in [0.2, 0.25) is 0 Å². The monoisotopic (exact) mass is 359 g/mol. The number of nitrogens with two attached hydrogens (primary N) is 1. The van der Waals surface area contributed by atoms with Crippen LogP contribution in [0, 0.1) is 11.8 Å². The van der Waals surface area contributed by atoms with Crippen molar-refractivity contribution in [3.8, 4) is 0 Å². The molecule has 2 rings (SSSR count). The van der Waals surface area contributed by atoms with Crippen molar-refractivity contribution in [2.45, 2.75) is 32.6 Å². The molecule has 0 amide bonds. The van der Waals surface area contributed by atoms with Gasteiger partial charge in [-0.25, -0.2) is 0 Å². The maximum atomic E-state index is 12.4. The Labute approximate surface area is 141 Å². The van der Waals surface area contributed by atoms with Crippen LogP contribution in [0.3, 0.4) is 0 Å². The predicted octanol–water partition coefficient (Wildman–Crippen LogP) is 3.36. The Balaban J connectivity index is 0.00000220. The van der Waals surface area contributed by atoms with Crippen LogP contribution in [0.2, 0.25) is 0 Å². The van der Waals surface area contributed by atoms with Crippen LogP contribution in [0.25, 0.3) is 0 Å². The van der Waals surface area contributed by atoms with Crippen molar-refractivity contribution < 1.29 is 13.2 Å². The molecule has 2 heterocycles. The lowest BCUT2D eigenvalue weighted by Gasteiger charge is -2.18. The van der Waals surface area contributed by atoms with E-state index < -0.39 is 11.9 Å². The smallest absolute Gasteiger partial charge is 0.326 e. The molecule has 1 aromatic rings. The van der Waals surface area contributed by atoms with Crippen LogP contribution in [0.5, 0.6) is 0 Å². The number of rotatable bonds is 3. The number of alkyl halides is 3. The fourth-order valence-electron chi connectivity index (χ4n) is 2.72. The van der Waals surface area contributed by atoms with E-state index in [2.05, 4.69) is 23.7 Å². The third-order valence-electron chi connectivity index (χ3n) is 3.87. The van der Waals surface area contributed by atoms with Gasteiger partial charge in [0, 0.05) is 31.9 Å². The Kier molecular flexibility index (Phi) is 8.12. The van der Waals surface area contributed by atoms with Gasteiger partial charge < -0.3 is 5.73 Å². The highest BCUT2D eigenvalue weighted by Crippen LogP contribution is 2.28. The average Bonchev–Trinajstić information content (AvgIpc) is 2.70. The molecule has 128 valence electrons. The zero-order chi connectivity index (χ0) is 14.9. The Morgan fingerprint density at radius 2 is 1.91 bits per heavy atom. The molecule has 0 unspecified atom stereocenters. The number of hydrogen-bond acceptors (Lipinski definition) is 3. The summed E-state index contributed by atoms with van der Waals surface area (Å²) < 4.78 is 37.3. The van der Waals surface area contributed by atoms with Crippen molar-refractivity contribution in [3.63, 3.8) is 0 Å². The summed E-state index contributed by atoms with van der Waals surface area (Å²) in [5.41, 5.74) is 6.04. The van der Waals surface area contributed by atoms with Crippen molar-refractivity contribution >= 4 is 24.8 Å². The Hall–Kier alpha value is -0.560. The summed E-state index contributed by atoms with van der Waals surface area (Å²) in [7, 11) is 0. The topological polar surface area (TPSA) is 42.2 Å². The predicted molar refractivity (Wildman–Crippen MR) is 85.3 cm³/mol. The third kappa shape index (κ3) is 5.26. The first kappa shape index (κ1) is 21.4. The summed E-state index contributed by atoms with van der Waals surface area (Å²) in [6.07, 6.45) is -3.08. The maximum absolute atomic E-state index is 12.4. The van der Waals surface area contributed by atoms with E-state index >= 15 is 0 Å². The second-order valence-electron chi connectivity index (χ2n) is 5.82. The van der Waals surface area contributed by atoms with Gasteiger partial charge in [0.05, 0.1) is 0 Å². The zero-order valence-corrected chi connectivity index (χ0v) is 14.1. The molecule has 1 fully saturated rings. The van der Waals surface area contributed by atoms with Crippen LogP contribution in [0.15, 0.2) is 18.3 Å². The molecule has 0 spiro atoms. The molecule has 0 radical (unpaired) electrons. The Bertz CT molecular complexity index is 452. The maximum Gasteiger partial charge on any atom is 0.433 e. The fourth-order valence-corrected chi connectivity index (χ4v) is 2.72. The third-order valence-corrected chi connectivity index (χ3v) is 3.87. The summed E-state index contributed by atoms with van der Waals surface area (Å²) in [5.74, 6) is 0.957. The van der Waals surface area contributed by atoms with E-state index in [1.54, 1.807) is 0 Å². The number of halogens is 5. The number of nitrogens with zero attached hydrogens (tertiary/aromatic N) is 2. The highest BCUT2D eigenvalue weighted by atomic mass is 35.5. The lowest BCUT2D eigenvalue weighted by Crippen LogP contribution is -2.32. The molecule has 1 aromatic heterocycles. The molecule has 0 saturated carbocycles. The van der Waals surface area contributed by atoms with Gasteiger partial charge in [-0.15, -0.1) is 24.8 Å². The van der Waals surface area contributed by atoms with Crippen LogP contribution < -0.4 is 5.73 Å². The number of pyridine rings is 1. The van der Waals surface area contributed by atoms with E-state index in [9.17, 15) is 13.2 Å². The molecule has 2 atom stereocenters. The minimum absolute atomic E-state index is 0. The quantitative estimate of drug-likeness (QED) is 0.899. The van der Waals surface area contributed by atoms with E-state index in [1.807, 2.05) is 0 Å². The molecule has 0 bridgehead atoms. The summed E-state index contributed by atoms with van der Waals surface area (Å²) in [6.45, 7) is 6.56. The first-order chi connectivity index (χ1) is 9.27. The van der Waals surface area contributed by atoms with Crippen LogP contribution >= 0.6 is 24.8 Å². The van der Waals surface area contributed by atoms with Gasteiger partial charge in [0.25, 0.3) is 0 Å². The largest absolute Gasteiger partial charge is 0.433 e. The highest BCUT2D eigenvalue weighted by molar-refractivity contribution is 5.85. The molecular weight excluding hydrogens is 338 g/mol. The summed E-state index contributed by atoms with van der Waals surface area (Å²) in [4.78, 5) is 5.66. The van der Waals surface area contributed by atoms with Gasteiger partial charge >= 0.3 is 6.18 Å². The molecule has 1 aliphatic rings.